The molecule has 52 valence electrons. The molecule has 0 aliphatic rings. The van der Waals surface area contributed by atoms with Crippen LogP contribution in [-0.4, -0.2) is 15.2 Å². The predicted octanol–water partition coefficient (Wildman–Crippen LogP) is 1.51. The van der Waals surface area contributed by atoms with Gasteiger partial charge in [0.15, 0.2) is 5.52 Å². The van der Waals surface area contributed by atoms with E-state index < -0.39 is 0 Å². The number of rotatable bonds is 0. The van der Waals surface area contributed by atoms with E-state index in [0.717, 1.165) is 11.0 Å². The van der Waals surface area contributed by atoms with E-state index in [-0.39, 0.29) is 0 Å². The van der Waals surface area contributed by atoms with Gasteiger partial charge in [0.2, 0.25) is 0 Å². The number of nitrogens with zero attached hydrogens (tertiary/aromatic N) is 3. The Hall–Kier alpha value is -1.89. The van der Waals surface area contributed by atoms with Gasteiger partial charge in [-0.3, -0.25) is 5.10 Å². The number of H-pyrrole nitrogens is 1. The highest BCUT2D eigenvalue weighted by Gasteiger charge is 2.00. The first-order valence-electron chi connectivity index (χ1n) is 3.08. The summed E-state index contributed by atoms with van der Waals surface area (Å²) < 4.78 is 0. The minimum absolute atomic E-state index is 0.402. The lowest BCUT2D eigenvalue weighted by Crippen LogP contribution is -1.72. The van der Waals surface area contributed by atoms with Gasteiger partial charge in [0.25, 0.3) is 5.82 Å². The fourth-order valence-electron chi connectivity index (χ4n) is 0.882. The van der Waals surface area contributed by atoms with Crippen LogP contribution in [0.5, 0.6) is 0 Å². The Morgan fingerprint density at radius 3 is 3.18 bits per heavy atom. The average molecular weight is 144 g/mol. The largest absolute Gasteiger partial charge is 0.361 e. The van der Waals surface area contributed by atoms with Gasteiger partial charge >= 0.3 is 0 Å². The van der Waals surface area contributed by atoms with E-state index in [1.807, 2.05) is 0 Å². The summed E-state index contributed by atoms with van der Waals surface area (Å²) in [5.74, 6) is 0.402. The third-order valence-corrected chi connectivity index (χ3v) is 1.40. The maximum absolute atomic E-state index is 6.70. The number of pyridine rings is 1. The number of fused-ring (bicyclic) bond motifs is 1. The van der Waals surface area contributed by atoms with Crippen molar-refractivity contribution in [3.63, 3.8) is 0 Å². The van der Waals surface area contributed by atoms with E-state index >= 15 is 0 Å². The molecule has 0 aliphatic carbocycles. The monoisotopic (exact) mass is 144 g/mol. The smallest absolute Gasteiger partial charge is 0.270 e. The van der Waals surface area contributed by atoms with Crippen molar-refractivity contribution >= 4 is 16.9 Å². The zero-order chi connectivity index (χ0) is 7.68. The molecule has 4 nitrogen and oxygen atoms in total. The second kappa shape index (κ2) is 2.06. The first kappa shape index (κ1) is 5.86. The number of aromatic amines is 1. The Balaban J connectivity index is 2.79. The van der Waals surface area contributed by atoms with E-state index in [9.17, 15) is 0 Å². The van der Waals surface area contributed by atoms with Crippen LogP contribution in [0.2, 0.25) is 0 Å². The van der Waals surface area contributed by atoms with Crippen molar-refractivity contribution in [3.05, 3.63) is 29.7 Å². The zero-order valence-electron chi connectivity index (χ0n) is 5.57. The Kier molecular flexibility index (Phi) is 1.10. The van der Waals surface area contributed by atoms with Crippen LogP contribution in [-0.2, 0) is 0 Å². The lowest BCUT2D eigenvalue weighted by molar-refractivity contribution is 1.12. The van der Waals surface area contributed by atoms with Gasteiger partial charge in [0, 0.05) is 0 Å². The normalized spacial score (nSPS) is 9.73. The first-order valence-corrected chi connectivity index (χ1v) is 3.08. The molecule has 0 atom stereocenters. The first-order chi connectivity index (χ1) is 5.40. The average Bonchev–Trinajstić information content (AvgIpc) is 2.50. The standard InChI is InChI=1S/C7H4N4/c1-8-7-3-2-5-6(10-7)4-9-11-5/h2-4H,(H,9,11). The summed E-state index contributed by atoms with van der Waals surface area (Å²) in [4.78, 5) is 7.20. The third kappa shape index (κ3) is 0.829. The van der Waals surface area contributed by atoms with Crippen LogP contribution >= 0.6 is 0 Å². The van der Waals surface area contributed by atoms with Gasteiger partial charge in [-0.05, 0) is 12.1 Å². The van der Waals surface area contributed by atoms with Crippen LogP contribution in [0.15, 0.2) is 18.3 Å². The molecule has 0 saturated heterocycles. The summed E-state index contributed by atoms with van der Waals surface area (Å²) in [5.41, 5.74) is 1.59. The number of hydrogen-bond acceptors (Lipinski definition) is 2. The van der Waals surface area contributed by atoms with Crippen LogP contribution in [0.25, 0.3) is 15.9 Å². The third-order valence-electron chi connectivity index (χ3n) is 1.40. The van der Waals surface area contributed by atoms with E-state index in [4.69, 9.17) is 6.57 Å². The summed E-state index contributed by atoms with van der Waals surface area (Å²) in [6, 6.07) is 3.45. The molecule has 2 rings (SSSR count). The van der Waals surface area contributed by atoms with Gasteiger partial charge in [-0.2, -0.15) is 5.10 Å². The van der Waals surface area contributed by atoms with E-state index in [0.29, 0.717) is 5.82 Å². The number of hydrogen-bond donors (Lipinski definition) is 1. The van der Waals surface area contributed by atoms with Crippen LogP contribution < -0.4 is 0 Å². The van der Waals surface area contributed by atoms with Crippen molar-refractivity contribution in [2.45, 2.75) is 0 Å². The minimum Gasteiger partial charge on any atom is -0.361 e. The fraction of sp³-hybridized carbons (Fsp3) is 0. The molecular formula is C7H4N4. The van der Waals surface area contributed by atoms with Gasteiger partial charge < -0.3 is 4.85 Å². The molecule has 0 saturated carbocycles. The maximum Gasteiger partial charge on any atom is 0.270 e. The number of aromatic nitrogens is 3. The molecule has 2 aromatic heterocycles. The second-order valence-electron chi connectivity index (χ2n) is 2.08. The van der Waals surface area contributed by atoms with Gasteiger partial charge in [-0.1, -0.05) is 6.57 Å². The molecule has 1 N–H and O–H groups in total. The summed E-state index contributed by atoms with van der Waals surface area (Å²) in [7, 11) is 0. The van der Waals surface area contributed by atoms with Crippen molar-refractivity contribution in [2.24, 2.45) is 0 Å². The molecule has 2 aromatic rings. The van der Waals surface area contributed by atoms with Crippen molar-refractivity contribution in [3.8, 4) is 0 Å². The van der Waals surface area contributed by atoms with Crippen molar-refractivity contribution in [1.29, 1.82) is 0 Å². The zero-order valence-corrected chi connectivity index (χ0v) is 5.57. The highest BCUT2D eigenvalue weighted by molar-refractivity contribution is 5.75. The SMILES string of the molecule is [C-]#[N+]c1ccc2[nH]ncc2n1. The molecule has 4 heteroatoms. The molecule has 0 radical (unpaired) electrons. The highest BCUT2D eigenvalue weighted by Crippen LogP contribution is 2.13. The summed E-state index contributed by atoms with van der Waals surface area (Å²) in [5, 5.41) is 6.54. The molecule has 11 heavy (non-hydrogen) atoms. The van der Waals surface area contributed by atoms with E-state index in [1.165, 1.54) is 0 Å². The number of nitrogens with one attached hydrogen (secondary N) is 1. The van der Waals surface area contributed by atoms with Crippen molar-refractivity contribution in [1.82, 2.24) is 15.2 Å². The van der Waals surface area contributed by atoms with E-state index in [1.54, 1.807) is 18.3 Å². The summed E-state index contributed by atoms with van der Waals surface area (Å²) in [6.45, 7) is 6.70. The quantitative estimate of drug-likeness (QED) is 0.569. The van der Waals surface area contributed by atoms with Crippen LogP contribution in [0.4, 0.5) is 5.82 Å². The summed E-state index contributed by atoms with van der Waals surface area (Å²) >= 11 is 0. The molecule has 0 amide bonds. The molecule has 0 bridgehead atoms. The summed E-state index contributed by atoms with van der Waals surface area (Å²) in [6.07, 6.45) is 1.60. The van der Waals surface area contributed by atoms with Gasteiger partial charge in [-0.15, -0.1) is 4.98 Å². The van der Waals surface area contributed by atoms with Crippen molar-refractivity contribution < 1.29 is 0 Å². The van der Waals surface area contributed by atoms with Crippen molar-refractivity contribution in [2.75, 3.05) is 0 Å². The molecule has 0 aliphatic heterocycles. The highest BCUT2D eigenvalue weighted by atomic mass is 15.1. The van der Waals surface area contributed by atoms with Crippen LogP contribution in [0.3, 0.4) is 0 Å². The van der Waals surface area contributed by atoms with Gasteiger partial charge in [0.05, 0.1) is 6.20 Å². The Morgan fingerprint density at radius 2 is 2.36 bits per heavy atom. The molecule has 0 unspecified atom stereocenters. The minimum atomic E-state index is 0.402. The maximum atomic E-state index is 6.70. The van der Waals surface area contributed by atoms with Crippen LogP contribution in [0.1, 0.15) is 0 Å². The lowest BCUT2D eigenvalue weighted by Gasteiger charge is -1.84. The predicted molar refractivity (Wildman–Crippen MR) is 40.2 cm³/mol. The van der Waals surface area contributed by atoms with E-state index in [2.05, 4.69) is 20.0 Å². The van der Waals surface area contributed by atoms with Gasteiger partial charge in [-0.25, -0.2) is 0 Å². The topological polar surface area (TPSA) is 45.9 Å². The molecule has 0 spiro atoms. The molecule has 0 aromatic carbocycles. The Bertz CT molecular complexity index is 423. The Morgan fingerprint density at radius 1 is 1.45 bits per heavy atom. The lowest BCUT2D eigenvalue weighted by atomic mass is 10.4. The molecular weight excluding hydrogens is 140 g/mol. The second-order valence-corrected chi connectivity index (χ2v) is 2.08. The Labute approximate surface area is 62.7 Å². The fourth-order valence-corrected chi connectivity index (χ4v) is 0.882. The van der Waals surface area contributed by atoms with Crippen LogP contribution in [0, 0.1) is 6.57 Å². The molecule has 0 fully saturated rings. The van der Waals surface area contributed by atoms with Gasteiger partial charge in [0.1, 0.15) is 5.52 Å². The molecule has 2 heterocycles.